The number of hydrogen-bond donors (Lipinski definition) is 2. The second-order valence-corrected chi connectivity index (χ2v) is 6.56. The highest BCUT2D eigenvalue weighted by molar-refractivity contribution is 14.0. The zero-order chi connectivity index (χ0) is 15.2. The third-order valence-electron chi connectivity index (χ3n) is 2.95. The first-order chi connectivity index (χ1) is 10.8. The third kappa shape index (κ3) is 5.33. The van der Waals surface area contributed by atoms with Gasteiger partial charge in [0.25, 0.3) is 0 Å². The van der Waals surface area contributed by atoms with Crippen LogP contribution in [0.3, 0.4) is 0 Å². The van der Waals surface area contributed by atoms with E-state index in [0.29, 0.717) is 18.4 Å². The fraction of sp³-hybridized carbons (Fsp3) is 0.200. The summed E-state index contributed by atoms with van der Waals surface area (Å²) in [4.78, 5) is 11.0. The maximum atomic E-state index is 5.85. The zero-order valence-corrected chi connectivity index (χ0v) is 16.2. The van der Waals surface area contributed by atoms with Crippen LogP contribution in [0, 0.1) is 0 Å². The topological polar surface area (TPSA) is 76.4 Å². The van der Waals surface area contributed by atoms with Gasteiger partial charge >= 0.3 is 0 Å². The smallest absolute Gasteiger partial charge is 0.236 e. The van der Waals surface area contributed by atoms with Crippen molar-refractivity contribution in [1.82, 2.24) is 10.3 Å². The summed E-state index contributed by atoms with van der Waals surface area (Å²) in [6.45, 7) is 1.18. The van der Waals surface area contributed by atoms with Crippen LogP contribution in [0.1, 0.15) is 10.6 Å². The maximum absolute atomic E-state index is 5.85. The molecule has 122 valence electrons. The molecule has 23 heavy (non-hydrogen) atoms. The first-order valence-corrected chi connectivity index (χ1v) is 8.61. The maximum Gasteiger partial charge on any atom is 0.236 e. The standard InChI is InChI=1S/C15H16N4OS2.HI/c16-15(17-6-5-12-3-1-7-21-12)18-9-11-10-20-14(19-11)13-4-2-8-22-13;/h1-4,7-8,10H,5-6,9H2,(H3,16,17,18);1H. The van der Waals surface area contributed by atoms with Crippen molar-refractivity contribution in [3.05, 3.63) is 51.9 Å². The zero-order valence-electron chi connectivity index (χ0n) is 12.3. The highest BCUT2D eigenvalue weighted by Crippen LogP contribution is 2.23. The van der Waals surface area contributed by atoms with E-state index in [0.717, 1.165) is 23.5 Å². The van der Waals surface area contributed by atoms with Crippen LogP contribution in [0.4, 0.5) is 0 Å². The van der Waals surface area contributed by atoms with Crippen LogP contribution in [0.5, 0.6) is 0 Å². The van der Waals surface area contributed by atoms with Crippen LogP contribution in [0.2, 0.25) is 0 Å². The van der Waals surface area contributed by atoms with Crippen LogP contribution < -0.4 is 11.1 Å². The summed E-state index contributed by atoms with van der Waals surface area (Å²) in [6, 6.07) is 8.11. The average molecular weight is 460 g/mol. The molecule has 8 heteroatoms. The Morgan fingerprint density at radius 2 is 2.09 bits per heavy atom. The fourth-order valence-electron chi connectivity index (χ4n) is 1.88. The molecule has 0 radical (unpaired) electrons. The first kappa shape index (κ1) is 18.0. The minimum absolute atomic E-state index is 0. The van der Waals surface area contributed by atoms with E-state index in [4.69, 9.17) is 10.2 Å². The van der Waals surface area contributed by atoms with E-state index in [2.05, 4.69) is 26.7 Å². The number of aromatic nitrogens is 1. The van der Waals surface area contributed by atoms with E-state index in [1.165, 1.54) is 4.88 Å². The number of thiophene rings is 2. The molecule has 0 amide bonds. The Hall–Kier alpha value is -1.39. The number of nitrogens with two attached hydrogens (primary N) is 1. The molecule has 0 aromatic carbocycles. The Morgan fingerprint density at radius 1 is 1.26 bits per heavy atom. The molecule has 0 aliphatic heterocycles. The molecule has 0 saturated carbocycles. The van der Waals surface area contributed by atoms with E-state index < -0.39 is 0 Å². The molecular weight excluding hydrogens is 443 g/mol. The molecule has 3 rings (SSSR count). The summed E-state index contributed by atoms with van der Waals surface area (Å²) in [5.41, 5.74) is 6.62. The quantitative estimate of drug-likeness (QED) is 0.334. The van der Waals surface area contributed by atoms with Crippen LogP contribution in [0.25, 0.3) is 10.8 Å². The monoisotopic (exact) mass is 460 g/mol. The van der Waals surface area contributed by atoms with Crippen molar-refractivity contribution in [2.24, 2.45) is 10.7 Å². The number of hydrogen-bond acceptors (Lipinski definition) is 5. The Bertz CT molecular complexity index is 723. The lowest BCUT2D eigenvalue weighted by Crippen LogP contribution is -2.33. The Balaban J connectivity index is 0.00000192. The SMILES string of the molecule is I.NC(=NCc1coc(-c2cccs2)n1)NCCc1cccs1. The van der Waals surface area contributed by atoms with Crippen LogP contribution in [-0.4, -0.2) is 17.5 Å². The summed E-state index contributed by atoms with van der Waals surface area (Å²) >= 11 is 3.34. The summed E-state index contributed by atoms with van der Waals surface area (Å²) in [6.07, 6.45) is 2.57. The number of oxazole rings is 1. The normalized spacial score (nSPS) is 11.2. The van der Waals surface area contributed by atoms with Crippen molar-refractivity contribution >= 4 is 52.6 Å². The van der Waals surface area contributed by atoms with Crippen LogP contribution in [-0.2, 0) is 13.0 Å². The molecule has 0 unspecified atom stereocenters. The van der Waals surface area contributed by atoms with Crippen molar-refractivity contribution in [3.8, 4) is 10.8 Å². The molecule has 0 aliphatic rings. The molecular formula is C15H17IN4OS2. The van der Waals surface area contributed by atoms with E-state index in [1.807, 2.05) is 23.6 Å². The van der Waals surface area contributed by atoms with E-state index in [1.54, 1.807) is 28.9 Å². The summed E-state index contributed by atoms with van der Waals surface area (Å²) in [5, 5.41) is 7.17. The number of aliphatic imine (C=N–C) groups is 1. The van der Waals surface area contributed by atoms with Gasteiger partial charge in [0.05, 0.1) is 11.4 Å². The molecule has 3 aromatic heterocycles. The average Bonchev–Trinajstić information content (AvgIpc) is 3.26. The third-order valence-corrected chi connectivity index (χ3v) is 4.75. The molecule has 3 aromatic rings. The molecule has 0 bridgehead atoms. The summed E-state index contributed by atoms with van der Waals surface area (Å²) in [7, 11) is 0. The van der Waals surface area contributed by atoms with Gasteiger partial charge in [0, 0.05) is 11.4 Å². The predicted molar refractivity (Wildman–Crippen MR) is 107 cm³/mol. The van der Waals surface area contributed by atoms with Gasteiger partial charge in [0.15, 0.2) is 5.96 Å². The second-order valence-electron chi connectivity index (χ2n) is 4.58. The number of rotatable bonds is 6. The number of halogens is 1. The van der Waals surface area contributed by atoms with Gasteiger partial charge in [-0.05, 0) is 29.3 Å². The lowest BCUT2D eigenvalue weighted by molar-refractivity contribution is 0.574. The van der Waals surface area contributed by atoms with Crippen molar-refractivity contribution in [2.45, 2.75) is 13.0 Å². The molecule has 0 spiro atoms. The molecule has 3 heterocycles. The highest BCUT2D eigenvalue weighted by Gasteiger charge is 2.07. The van der Waals surface area contributed by atoms with E-state index >= 15 is 0 Å². The second kappa shape index (κ2) is 9.04. The Labute approximate surface area is 159 Å². The minimum atomic E-state index is 0. The van der Waals surface area contributed by atoms with Crippen molar-refractivity contribution < 1.29 is 4.42 Å². The van der Waals surface area contributed by atoms with Gasteiger partial charge in [-0.3, -0.25) is 0 Å². The van der Waals surface area contributed by atoms with Gasteiger partial charge in [-0.15, -0.1) is 46.7 Å². The number of guanidine groups is 1. The van der Waals surface area contributed by atoms with Crippen molar-refractivity contribution in [3.63, 3.8) is 0 Å². The molecule has 0 aliphatic carbocycles. The summed E-state index contributed by atoms with van der Waals surface area (Å²) < 4.78 is 5.44. The van der Waals surface area contributed by atoms with Crippen LogP contribution >= 0.6 is 46.7 Å². The number of nitrogens with one attached hydrogen (secondary N) is 1. The molecule has 3 N–H and O–H groups in total. The molecule has 0 saturated heterocycles. The van der Waals surface area contributed by atoms with Gasteiger partial charge in [0.2, 0.25) is 5.89 Å². The molecule has 0 atom stereocenters. The van der Waals surface area contributed by atoms with Gasteiger partial charge in [0.1, 0.15) is 12.0 Å². The fourth-order valence-corrected chi connectivity index (χ4v) is 3.25. The van der Waals surface area contributed by atoms with Crippen molar-refractivity contribution in [1.29, 1.82) is 0 Å². The van der Waals surface area contributed by atoms with Gasteiger partial charge in [-0.1, -0.05) is 12.1 Å². The van der Waals surface area contributed by atoms with Crippen molar-refractivity contribution in [2.75, 3.05) is 6.54 Å². The molecule has 0 fully saturated rings. The van der Waals surface area contributed by atoms with Crippen LogP contribution in [0.15, 0.2) is 50.7 Å². The number of nitrogens with zero attached hydrogens (tertiary/aromatic N) is 2. The van der Waals surface area contributed by atoms with Gasteiger partial charge < -0.3 is 15.5 Å². The lowest BCUT2D eigenvalue weighted by Gasteiger charge is -2.03. The highest BCUT2D eigenvalue weighted by atomic mass is 127. The Kier molecular flexibility index (Phi) is 7.06. The Morgan fingerprint density at radius 3 is 2.83 bits per heavy atom. The van der Waals surface area contributed by atoms with E-state index in [9.17, 15) is 0 Å². The lowest BCUT2D eigenvalue weighted by atomic mass is 10.3. The summed E-state index contributed by atoms with van der Waals surface area (Å²) in [5.74, 6) is 1.06. The predicted octanol–water partition coefficient (Wildman–Crippen LogP) is 3.73. The largest absolute Gasteiger partial charge is 0.443 e. The minimum Gasteiger partial charge on any atom is -0.443 e. The van der Waals surface area contributed by atoms with Gasteiger partial charge in [-0.2, -0.15) is 0 Å². The first-order valence-electron chi connectivity index (χ1n) is 6.86. The van der Waals surface area contributed by atoms with E-state index in [-0.39, 0.29) is 24.0 Å². The molecule has 5 nitrogen and oxygen atoms in total. The van der Waals surface area contributed by atoms with Gasteiger partial charge in [-0.25, -0.2) is 9.98 Å².